The number of carbonyl (C=O) groups excluding carboxylic acids is 1. The van der Waals surface area contributed by atoms with Gasteiger partial charge in [-0.1, -0.05) is 12.1 Å². The molecule has 2 heterocycles. The molecule has 0 bridgehead atoms. The molecule has 1 aliphatic heterocycles. The number of nitrogens with one attached hydrogen (secondary N) is 1. The third kappa shape index (κ3) is 1.88. The lowest BCUT2D eigenvalue weighted by Crippen LogP contribution is -2.21. The topological polar surface area (TPSA) is 38.3 Å². The van der Waals surface area contributed by atoms with Crippen LogP contribution in [0.5, 0.6) is 5.75 Å². The molecule has 0 unspecified atom stereocenters. The largest absolute Gasteiger partial charge is 0.497 e. The summed E-state index contributed by atoms with van der Waals surface area (Å²) in [6, 6.07) is 9.91. The molecule has 0 radical (unpaired) electrons. The minimum absolute atomic E-state index is 0.0849. The van der Waals surface area contributed by atoms with Gasteiger partial charge in [0.05, 0.1) is 12.8 Å². The minimum Gasteiger partial charge on any atom is -0.497 e. The first-order valence-corrected chi connectivity index (χ1v) is 6.67. The Labute approximate surface area is 109 Å². The first-order chi connectivity index (χ1) is 8.78. The maximum absolute atomic E-state index is 11.7. The number of fused-ring (bicyclic) bond motifs is 1. The normalized spacial score (nSPS) is 18.1. The Balaban J connectivity index is 1.99. The number of thiophene rings is 1. The Kier molecular flexibility index (Phi) is 2.80. The highest BCUT2D eigenvalue weighted by Gasteiger charge is 2.27. The molecule has 4 heteroatoms. The van der Waals surface area contributed by atoms with E-state index in [0.717, 1.165) is 17.0 Å². The molecular weight excluding hydrogens is 246 g/mol. The molecule has 1 aliphatic rings. The van der Waals surface area contributed by atoms with E-state index in [0.29, 0.717) is 6.42 Å². The monoisotopic (exact) mass is 259 g/mol. The van der Waals surface area contributed by atoms with E-state index in [1.54, 1.807) is 18.4 Å². The number of hydrogen-bond donors (Lipinski definition) is 1. The first-order valence-electron chi connectivity index (χ1n) is 5.79. The number of benzene rings is 1. The van der Waals surface area contributed by atoms with E-state index in [1.165, 1.54) is 4.88 Å². The van der Waals surface area contributed by atoms with Crippen molar-refractivity contribution < 1.29 is 9.53 Å². The average molecular weight is 259 g/mol. The Morgan fingerprint density at radius 3 is 2.78 bits per heavy atom. The van der Waals surface area contributed by atoms with Crippen molar-refractivity contribution in [2.24, 2.45) is 0 Å². The lowest BCUT2D eigenvalue weighted by Gasteiger charge is -2.22. The van der Waals surface area contributed by atoms with Crippen LogP contribution >= 0.6 is 11.3 Å². The molecule has 1 aromatic heterocycles. The summed E-state index contributed by atoms with van der Waals surface area (Å²) in [5, 5.41) is 4.93. The molecule has 3 nitrogen and oxygen atoms in total. The second kappa shape index (κ2) is 4.46. The summed E-state index contributed by atoms with van der Waals surface area (Å²) in [6.07, 6.45) is 0.514. The maximum Gasteiger partial charge on any atom is 0.225 e. The maximum atomic E-state index is 11.7. The van der Waals surface area contributed by atoms with Crippen LogP contribution in [0.1, 0.15) is 22.8 Å². The quantitative estimate of drug-likeness (QED) is 0.899. The van der Waals surface area contributed by atoms with Crippen LogP contribution in [0, 0.1) is 0 Å². The zero-order valence-corrected chi connectivity index (χ0v) is 10.8. The highest BCUT2D eigenvalue weighted by Crippen LogP contribution is 2.40. The van der Waals surface area contributed by atoms with Crippen LogP contribution < -0.4 is 10.1 Å². The highest BCUT2D eigenvalue weighted by atomic mass is 32.1. The lowest BCUT2D eigenvalue weighted by atomic mass is 9.91. The summed E-state index contributed by atoms with van der Waals surface area (Å²) in [4.78, 5) is 12.9. The minimum atomic E-state index is 0.0849. The molecule has 0 spiro atoms. The van der Waals surface area contributed by atoms with Crippen molar-refractivity contribution in [3.8, 4) is 5.75 Å². The van der Waals surface area contributed by atoms with Gasteiger partial charge in [0.15, 0.2) is 0 Å². The van der Waals surface area contributed by atoms with Crippen LogP contribution in [0.4, 0.5) is 5.69 Å². The van der Waals surface area contributed by atoms with E-state index < -0.39 is 0 Å². The van der Waals surface area contributed by atoms with Crippen molar-refractivity contribution >= 4 is 22.9 Å². The molecule has 92 valence electrons. The van der Waals surface area contributed by atoms with Gasteiger partial charge in [0.25, 0.3) is 0 Å². The van der Waals surface area contributed by atoms with E-state index in [9.17, 15) is 4.79 Å². The summed E-state index contributed by atoms with van der Waals surface area (Å²) >= 11 is 1.69. The molecule has 1 amide bonds. The second-order valence-corrected chi connectivity index (χ2v) is 5.22. The predicted molar refractivity (Wildman–Crippen MR) is 72.4 cm³/mol. The molecule has 0 saturated heterocycles. The van der Waals surface area contributed by atoms with Crippen molar-refractivity contribution in [1.29, 1.82) is 0 Å². The van der Waals surface area contributed by atoms with E-state index in [2.05, 4.69) is 5.32 Å². The summed E-state index contributed by atoms with van der Waals surface area (Å²) in [5.41, 5.74) is 2.12. The third-order valence-corrected chi connectivity index (χ3v) is 4.22. The summed E-state index contributed by atoms with van der Waals surface area (Å²) < 4.78 is 5.16. The van der Waals surface area contributed by atoms with Crippen molar-refractivity contribution in [3.63, 3.8) is 0 Å². The van der Waals surface area contributed by atoms with E-state index in [1.807, 2.05) is 35.7 Å². The van der Waals surface area contributed by atoms with Gasteiger partial charge in [-0.25, -0.2) is 0 Å². The van der Waals surface area contributed by atoms with Gasteiger partial charge in [0, 0.05) is 17.2 Å². The Hall–Kier alpha value is -1.81. The number of amides is 1. The van der Waals surface area contributed by atoms with Gasteiger partial charge in [-0.2, -0.15) is 0 Å². The van der Waals surface area contributed by atoms with E-state index >= 15 is 0 Å². The van der Waals surface area contributed by atoms with Crippen molar-refractivity contribution in [3.05, 3.63) is 46.2 Å². The molecule has 3 rings (SSSR count). The fourth-order valence-electron chi connectivity index (χ4n) is 2.28. The van der Waals surface area contributed by atoms with Gasteiger partial charge in [-0.05, 0) is 29.1 Å². The van der Waals surface area contributed by atoms with Crippen molar-refractivity contribution in [2.45, 2.75) is 12.3 Å². The lowest BCUT2D eigenvalue weighted by molar-refractivity contribution is -0.116. The van der Waals surface area contributed by atoms with Crippen LogP contribution in [0.2, 0.25) is 0 Å². The fourth-order valence-corrected chi connectivity index (χ4v) is 3.26. The molecule has 1 atom stereocenters. The van der Waals surface area contributed by atoms with Gasteiger partial charge >= 0.3 is 0 Å². The van der Waals surface area contributed by atoms with Gasteiger partial charge in [0.2, 0.25) is 5.91 Å². The molecule has 18 heavy (non-hydrogen) atoms. The highest BCUT2D eigenvalue weighted by molar-refractivity contribution is 7.10. The van der Waals surface area contributed by atoms with Crippen LogP contribution in [0.3, 0.4) is 0 Å². The van der Waals surface area contributed by atoms with Crippen molar-refractivity contribution in [2.75, 3.05) is 12.4 Å². The number of rotatable bonds is 2. The number of ether oxygens (including phenoxy) is 1. The van der Waals surface area contributed by atoms with E-state index in [4.69, 9.17) is 4.74 Å². The molecular formula is C14H13NO2S. The van der Waals surface area contributed by atoms with Gasteiger partial charge in [-0.3, -0.25) is 4.79 Å². The zero-order chi connectivity index (χ0) is 12.5. The summed E-state index contributed by atoms with van der Waals surface area (Å²) in [6.45, 7) is 0. The molecule has 2 aromatic rings. The number of methoxy groups -OCH3 is 1. The Morgan fingerprint density at radius 1 is 1.28 bits per heavy atom. The number of anilines is 1. The first kappa shape index (κ1) is 11.3. The molecule has 0 saturated carbocycles. The molecule has 1 aromatic carbocycles. The van der Waals surface area contributed by atoms with Crippen LogP contribution in [0.15, 0.2) is 35.7 Å². The van der Waals surface area contributed by atoms with E-state index in [-0.39, 0.29) is 11.8 Å². The fraction of sp³-hybridized carbons (Fsp3) is 0.214. The number of carbonyl (C=O) groups is 1. The van der Waals surface area contributed by atoms with Gasteiger partial charge < -0.3 is 10.1 Å². The smallest absolute Gasteiger partial charge is 0.225 e. The predicted octanol–water partition coefficient (Wildman–Crippen LogP) is 3.23. The van der Waals surface area contributed by atoms with Gasteiger partial charge in [-0.15, -0.1) is 11.3 Å². The number of hydrogen-bond acceptors (Lipinski definition) is 3. The zero-order valence-electron chi connectivity index (χ0n) is 9.97. The standard InChI is InChI=1S/C14H13NO2S/c1-17-10-4-2-9(3-5-10)11-8-13(16)15-12-6-7-18-14(11)12/h2-7,11H,8H2,1H3,(H,15,16)/t11-/m1/s1. The summed E-state index contributed by atoms with van der Waals surface area (Å²) in [5.74, 6) is 1.09. The second-order valence-electron chi connectivity index (χ2n) is 4.28. The van der Waals surface area contributed by atoms with Gasteiger partial charge in [0.1, 0.15) is 5.75 Å². The Morgan fingerprint density at radius 2 is 2.06 bits per heavy atom. The van der Waals surface area contributed by atoms with Crippen LogP contribution in [-0.4, -0.2) is 13.0 Å². The Bertz CT molecular complexity index is 574. The molecule has 0 aliphatic carbocycles. The van der Waals surface area contributed by atoms with Crippen LogP contribution in [0.25, 0.3) is 0 Å². The van der Waals surface area contributed by atoms with Crippen molar-refractivity contribution in [1.82, 2.24) is 0 Å². The molecule has 1 N–H and O–H groups in total. The summed E-state index contributed by atoms with van der Waals surface area (Å²) in [7, 11) is 1.65. The third-order valence-electron chi connectivity index (χ3n) is 3.19. The SMILES string of the molecule is COc1ccc([C@H]2CC(=O)Nc3ccsc32)cc1. The average Bonchev–Trinajstić information content (AvgIpc) is 2.86. The molecule has 0 fully saturated rings. The van der Waals surface area contributed by atoms with Crippen LogP contribution in [-0.2, 0) is 4.79 Å².